The quantitative estimate of drug-likeness (QED) is 0.132. The molecule has 4 aliphatic rings. The minimum atomic E-state index is -1.32. The van der Waals surface area contributed by atoms with Gasteiger partial charge in [0, 0.05) is 29.4 Å². The van der Waals surface area contributed by atoms with Crippen molar-refractivity contribution >= 4 is 23.8 Å². The number of imide groups is 1. The normalized spacial score (nSPS) is 24.3. The molecule has 3 saturated carbocycles. The smallest absolute Gasteiger partial charge is 0.417 e. The average Bonchev–Trinajstić information content (AvgIpc) is 4.09. The molecule has 51 heavy (non-hydrogen) atoms. The van der Waals surface area contributed by atoms with Gasteiger partial charge in [-0.3, -0.25) is 4.79 Å². The van der Waals surface area contributed by atoms with E-state index in [0.29, 0.717) is 43.3 Å². The molecule has 1 N–H and O–H groups in total. The number of hydrogen-bond donors (Lipinski definition) is 1. The molecule has 1 aliphatic heterocycles. The Morgan fingerprint density at radius 3 is 2.24 bits per heavy atom. The summed E-state index contributed by atoms with van der Waals surface area (Å²) < 4.78 is 12.2. The maximum absolute atomic E-state index is 14.8. The Bertz CT molecular complexity index is 1810. The molecule has 5 atom stereocenters. The molecule has 7 heteroatoms. The van der Waals surface area contributed by atoms with Crippen molar-refractivity contribution in [2.24, 2.45) is 5.92 Å². The number of cyclic esters (lactones) is 1. The minimum Gasteiger partial charge on any atom is -0.447 e. The molecule has 0 spiro atoms. The first-order chi connectivity index (χ1) is 24.9. The number of carbonyl (C=O) groups is 2. The summed E-state index contributed by atoms with van der Waals surface area (Å²) in [6, 6.07) is 36.6. The minimum absolute atomic E-state index is 0.0354. The van der Waals surface area contributed by atoms with Crippen LogP contribution in [0.1, 0.15) is 97.1 Å². The van der Waals surface area contributed by atoms with Crippen LogP contribution in [0.4, 0.5) is 4.79 Å². The van der Waals surface area contributed by atoms with Crippen LogP contribution in [0.2, 0.25) is 0 Å². The lowest BCUT2D eigenvalue weighted by molar-refractivity contribution is -0.229. The molecule has 4 fully saturated rings. The third kappa shape index (κ3) is 8.27. The SMILES string of the molecule is O=C1OC[C@@H](Cc2ccccc2)N1C(=O)C(C[C@H]1CCC(O)(O[C@@H](Cc2ccccc2)c2ccccc2)C1)c1ccc(SC2CC2)c(C2CC2)c1. The lowest BCUT2D eigenvalue weighted by atomic mass is 9.85. The van der Waals surface area contributed by atoms with E-state index in [1.807, 2.05) is 78.5 Å². The van der Waals surface area contributed by atoms with Crippen molar-refractivity contribution in [3.63, 3.8) is 0 Å². The van der Waals surface area contributed by atoms with Crippen LogP contribution in [0, 0.1) is 5.92 Å². The van der Waals surface area contributed by atoms with Crippen molar-refractivity contribution in [2.75, 3.05) is 6.61 Å². The first-order valence-electron chi connectivity index (χ1n) is 18.7. The van der Waals surface area contributed by atoms with Gasteiger partial charge < -0.3 is 14.6 Å². The highest BCUT2D eigenvalue weighted by Gasteiger charge is 2.46. The second-order valence-electron chi connectivity index (χ2n) is 15.1. The predicted octanol–water partition coefficient (Wildman–Crippen LogP) is 9.37. The first kappa shape index (κ1) is 34.2. The van der Waals surface area contributed by atoms with Crippen LogP contribution >= 0.6 is 11.8 Å². The summed E-state index contributed by atoms with van der Waals surface area (Å²) in [5.41, 5.74) is 5.55. The van der Waals surface area contributed by atoms with Gasteiger partial charge in [-0.1, -0.05) is 103 Å². The molecule has 4 aromatic rings. The van der Waals surface area contributed by atoms with E-state index in [0.717, 1.165) is 28.7 Å². The standard InChI is InChI=1S/C44H47NO5S/c46-42(45-36(29-49-43(45)47)24-30-10-4-1-5-11-30)39(35-18-21-41(51-37-19-20-37)38(27-35)33-16-17-33)25-32-22-23-44(48,28-32)50-40(34-14-8-3-9-15-34)26-31-12-6-2-7-13-31/h1-15,18,21,27,32-33,36-37,39-40,48H,16-17,19-20,22-26,28-29H2/t32-,36-,39?,40+,44?/m1/s1. The molecular weight excluding hydrogens is 655 g/mol. The summed E-state index contributed by atoms with van der Waals surface area (Å²) in [6.07, 6.45) is 7.38. The van der Waals surface area contributed by atoms with Crippen molar-refractivity contribution in [1.82, 2.24) is 4.90 Å². The van der Waals surface area contributed by atoms with Gasteiger partial charge in [-0.15, -0.1) is 11.8 Å². The van der Waals surface area contributed by atoms with Crippen LogP contribution in [-0.2, 0) is 27.1 Å². The zero-order valence-electron chi connectivity index (χ0n) is 29.1. The summed E-state index contributed by atoms with van der Waals surface area (Å²) >= 11 is 1.98. The molecule has 1 saturated heterocycles. The topological polar surface area (TPSA) is 76.1 Å². The monoisotopic (exact) mass is 701 g/mol. The Morgan fingerprint density at radius 1 is 0.863 bits per heavy atom. The molecule has 0 aromatic heterocycles. The first-order valence-corrected chi connectivity index (χ1v) is 19.6. The number of hydrogen-bond acceptors (Lipinski definition) is 6. The van der Waals surface area contributed by atoms with Gasteiger partial charge >= 0.3 is 6.09 Å². The Morgan fingerprint density at radius 2 is 1.55 bits per heavy atom. The van der Waals surface area contributed by atoms with Gasteiger partial charge in [-0.25, -0.2) is 9.69 Å². The fourth-order valence-corrected chi connectivity index (χ4v) is 9.24. The lowest BCUT2D eigenvalue weighted by Gasteiger charge is -2.31. The second kappa shape index (κ2) is 15.0. The fourth-order valence-electron chi connectivity index (χ4n) is 8.00. The number of thioether (sulfide) groups is 1. The molecular formula is C44H47NO5S. The van der Waals surface area contributed by atoms with E-state index in [1.165, 1.54) is 41.0 Å². The molecule has 264 valence electrons. The third-order valence-electron chi connectivity index (χ3n) is 11.0. The van der Waals surface area contributed by atoms with Crippen LogP contribution in [0.15, 0.2) is 114 Å². The van der Waals surface area contributed by atoms with Gasteiger partial charge in [-0.2, -0.15) is 0 Å². The van der Waals surface area contributed by atoms with Crippen LogP contribution in [0.25, 0.3) is 0 Å². The molecule has 4 aromatic carbocycles. The van der Waals surface area contributed by atoms with Gasteiger partial charge in [0.1, 0.15) is 6.61 Å². The lowest BCUT2D eigenvalue weighted by Crippen LogP contribution is -2.43. The highest BCUT2D eigenvalue weighted by atomic mass is 32.2. The number of rotatable bonds is 14. The largest absolute Gasteiger partial charge is 0.447 e. The van der Waals surface area contributed by atoms with E-state index in [-0.39, 0.29) is 30.6 Å². The highest BCUT2D eigenvalue weighted by Crippen LogP contribution is 2.50. The number of benzene rings is 4. The van der Waals surface area contributed by atoms with Crippen LogP contribution < -0.4 is 0 Å². The summed E-state index contributed by atoms with van der Waals surface area (Å²) in [5.74, 6) is -1.49. The maximum atomic E-state index is 14.8. The van der Waals surface area contributed by atoms with Crippen molar-refractivity contribution in [2.45, 2.75) is 104 Å². The van der Waals surface area contributed by atoms with Gasteiger partial charge in [-0.05, 0) is 90.7 Å². The Kier molecular flexibility index (Phi) is 10.0. The number of ether oxygens (including phenoxy) is 2. The molecule has 2 unspecified atom stereocenters. The van der Waals surface area contributed by atoms with E-state index in [4.69, 9.17) is 9.47 Å². The highest BCUT2D eigenvalue weighted by molar-refractivity contribution is 8.00. The Hall–Kier alpha value is -3.91. The number of amides is 2. The molecule has 3 aliphatic carbocycles. The molecule has 0 radical (unpaired) electrons. The van der Waals surface area contributed by atoms with Gasteiger partial charge in [0.05, 0.1) is 18.1 Å². The Balaban J connectivity index is 1.05. The summed E-state index contributed by atoms with van der Waals surface area (Å²) in [6.45, 7) is 0.190. The molecule has 8 rings (SSSR count). The van der Waals surface area contributed by atoms with E-state index >= 15 is 0 Å². The van der Waals surface area contributed by atoms with Gasteiger partial charge in [0.15, 0.2) is 5.79 Å². The average molecular weight is 702 g/mol. The van der Waals surface area contributed by atoms with E-state index in [2.05, 4.69) is 42.5 Å². The van der Waals surface area contributed by atoms with E-state index < -0.39 is 17.8 Å². The molecule has 1 heterocycles. The van der Waals surface area contributed by atoms with E-state index in [1.54, 1.807) is 0 Å². The number of nitrogens with zero attached hydrogens (tertiary/aromatic N) is 1. The second-order valence-corrected chi connectivity index (χ2v) is 16.4. The van der Waals surface area contributed by atoms with Crippen LogP contribution in [-0.4, -0.2) is 45.7 Å². The predicted molar refractivity (Wildman–Crippen MR) is 199 cm³/mol. The van der Waals surface area contributed by atoms with Gasteiger partial charge in [0.2, 0.25) is 5.91 Å². The number of carbonyl (C=O) groups excluding carboxylic acids is 2. The van der Waals surface area contributed by atoms with Gasteiger partial charge in [0.25, 0.3) is 0 Å². The zero-order valence-corrected chi connectivity index (χ0v) is 29.9. The molecule has 2 amide bonds. The van der Waals surface area contributed by atoms with Crippen molar-refractivity contribution < 1.29 is 24.2 Å². The van der Waals surface area contributed by atoms with Crippen LogP contribution in [0.5, 0.6) is 0 Å². The maximum Gasteiger partial charge on any atom is 0.417 e. The zero-order chi connectivity index (χ0) is 34.8. The summed E-state index contributed by atoms with van der Waals surface area (Å²) in [5, 5.41) is 12.7. The molecule has 0 bridgehead atoms. The van der Waals surface area contributed by atoms with Crippen molar-refractivity contribution in [1.29, 1.82) is 0 Å². The fraction of sp³-hybridized carbons (Fsp3) is 0.409. The molecule has 6 nitrogen and oxygen atoms in total. The van der Waals surface area contributed by atoms with Crippen LogP contribution in [0.3, 0.4) is 0 Å². The van der Waals surface area contributed by atoms with Crippen molar-refractivity contribution in [3.05, 3.63) is 137 Å². The Labute approximate surface area is 305 Å². The summed E-state index contributed by atoms with van der Waals surface area (Å²) in [4.78, 5) is 30.8. The third-order valence-corrected chi connectivity index (χ3v) is 12.4. The van der Waals surface area contributed by atoms with Crippen molar-refractivity contribution in [3.8, 4) is 0 Å². The summed E-state index contributed by atoms with van der Waals surface area (Å²) in [7, 11) is 0. The number of aliphatic hydroxyl groups is 1. The van der Waals surface area contributed by atoms with E-state index in [9.17, 15) is 14.7 Å².